The quantitative estimate of drug-likeness (QED) is 0.289. The Hall–Kier alpha value is -0.877. The average Bonchev–Trinajstić information content (AvgIpc) is 3.49. The molecule has 200 valence electrons. The molecule has 3 aromatic rings. The van der Waals surface area contributed by atoms with Crippen LogP contribution in [0.1, 0.15) is 103 Å². The van der Waals surface area contributed by atoms with Gasteiger partial charge in [-0.15, -0.1) is 11.1 Å². The number of hydrogen-bond donors (Lipinski definition) is 0. The zero-order valence-corrected chi connectivity index (χ0v) is 27.8. The van der Waals surface area contributed by atoms with Gasteiger partial charge in [-0.05, 0) is 28.4 Å². The van der Waals surface area contributed by atoms with Crippen LogP contribution in [-0.2, 0) is 41.5 Å². The minimum absolute atomic E-state index is 0. The summed E-state index contributed by atoms with van der Waals surface area (Å²) < 4.78 is 1.74. The fraction of sp³-hybridized carbons (Fsp3) is 0.471. The van der Waals surface area contributed by atoms with E-state index in [1.807, 2.05) is 30.3 Å². The van der Waals surface area contributed by atoms with Gasteiger partial charge in [-0.1, -0.05) is 65.3 Å². The summed E-state index contributed by atoms with van der Waals surface area (Å²) in [5, 5.41) is 0. The third-order valence-electron chi connectivity index (χ3n) is 7.24. The van der Waals surface area contributed by atoms with Gasteiger partial charge in [0.2, 0.25) is 0 Å². The summed E-state index contributed by atoms with van der Waals surface area (Å²) in [7, 11) is 0. The maximum atomic E-state index is 3.67. The van der Waals surface area contributed by atoms with E-state index in [-0.39, 0.29) is 35.6 Å². The van der Waals surface area contributed by atoms with Crippen LogP contribution < -0.4 is 24.8 Å². The molecule has 0 spiro atoms. The molecule has 0 unspecified atom stereocenters. The van der Waals surface area contributed by atoms with E-state index >= 15 is 0 Å². The molecule has 0 bridgehead atoms. The SMILES string of the molecule is CC(C)(C)c1[c-]c2c(cc1)-c1ccc(C(C)(C)C)cc1C2.C[C](=[Zr+2])C1CCCCC1.[Cl-].[Cl-].c1cc[cH-]c1. The van der Waals surface area contributed by atoms with Crippen LogP contribution in [-0.4, -0.2) is 3.21 Å². The van der Waals surface area contributed by atoms with E-state index in [2.05, 4.69) is 84.9 Å². The van der Waals surface area contributed by atoms with Crippen molar-refractivity contribution in [1.82, 2.24) is 0 Å². The van der Waals surface area contributed by atoms with Crippen LogP contribution in [0.4, 0.5) is 0 Å². The van der Waals surface area contributed by atoms with Gasteiger partial charge in [0.25, 0.3) is 0 Å². The van der Waals surface area contributed by atoms with Crippen LogP contribution >= 0.6 is 0 Å². The van der Waals surface area contributed by atoms with Crippen LogP contribution in [0.25, 0.3) is 11.1 Å². The predicted molar refractivity (Wildman–Crippen MR) is 150 cm³/mol. The van der Waals surface area contributed by atoms with Gasteiger partial charge in [-0.3, -0.25) is 0 Å². The molecule has 3 heteroatoms. The number of fused-ring (bicyclic) bond motifs is 3. The van der Waals surface area contributed by atoms with Crippen LogP contribution in [0.15, 0.2) is 60.7 Å². The zero-order valence-electron chi connectivity index (χ0n) is 23.8. The molecule has 0 nitrogen and oxygen atoms in total. The molecule has 2 aliphatic carbocycles. The first kappa shape index (κ1) is 34.2. The summed E-state index contributed by atoms with van der Waals surface area (Å²) in [6.07, 6.45) is 8.44. The molecular formula is C34H44Cl2Zr-2. The van der Waals surface area contributed by atoms with Crippen molar-refractivity contribution in [1.29, 1.82) is 0 Å². The Kier molecular flexibility index (Phi) is 13.9. The molecule has 0 saturated heterocycles. The van der Waals surface area contributed by atoms with Gasteiger partial charge < -0.3 is 24.8 Å². The third kappa shape index (κ3) is 9.99. The molecule has 0 aromatic heterocycles. The van der Waals surface area contributed by atoms with Gasteiger partial charge >= 0.3 is 72.4 Å². The smallest absolute Gasteiger partial charge is 0.172 e. The Labute approximate surface area is 254 Å². The largest absolute Gasteiger partial charge is 1.00 e. The van der Waals surface area contributed by atoms with Crippen molar-refractivity contribution in [3.8, 4) is 11.1 Å². The third-order valence-corrected chi connectivity index (χ3v) is 8.24. The van der Waals surface area contributed by atoms with Crippen molar-refractivity contribution in [2.75, 3.05) is 0 Å². The average molecular weight is 615 g/mol. The topological polar surface area (TPSA) is 0 Å². The Balaban J connectivity index is 0.000000354. The summed E-state index contributed by atoms with van der Waals surface area (Å²) >= 11 is 1.66. The molecule has 0 N–H and O–H groups in total. The molecule has 1 saturated carbocycles. The number of rotatable bonds is 1. The van der Waals surface area contributed by atoms with Crippen molar-refractivity contribution in [2.24, 2.45) is 5.92 Å². The van der Waals surface area contributed by atoms with E-state index < -0.39 is 0 Å². The van der Waals surface area contributed by atoms with E-state index in [4.69, 9.17) is 0 Å². The normalized spacial score (nSPS) is 14.4. The Morgan fingerprint density at radius 1 is 0.838 bits per heavy atom. The van der Waals surface area contributed by atoms with E-state index in [1.54, 1.807) is 27.4 Å². The Morgan fingerprint density at radius 2 is 1.43 bits per heavy atom. The van der Waals surface area contributed by atoms with Crippen LogP contribution in [0, 0.1) is 12.0 Å². The fourth-order valence-corrected chi connectivity index (χ4v) is 5.59. The van der Waals surface area contributed by atoms with Gasteiger partial charge in [0, 0.05) is 0 Å². The molecule has 0 radical (unpaired) electrons. The zero-order chi connectivity index (χ0) is 25.6. The van der Waals surface area contributed by atoms with Crippen molar-refractivity contribution < 1.29 is 49.0 Å². The summed E-state index contributed by atoms with van der Waals surface area (Å²) in [5.74, 6) is 1.01. The first-order valence-corrected chi connectivity index (χ1v) is 14.6. The van der Waals surface area contributed by atoms with E-state index in [9.17, 15) is 0 Å². The van der Waals surface area contributed by atoms with Crippen molar-refractivity contribution in [2.45, 2.75) is 97.8 Å². The molecule has 37 heavy (non-hydrogen) atoms. The van der Waals surface area contributed by atoms with Gasteiger partial charge in [-0.2, -0.15) is 42.0 Å². The van der Waals surface area contributed by atoms with Crippen molar-refractivity contribution in [3.05, 3.63) is 89.0 Å². The van der Waals surface area contributed by atoms with Crippen LogP contribution in [0.2, 0.25) is 0 Å². The molecule has 1 fully saturated rings. The molecule has 0 aliphatic heterocycles. The number of halogens is 2. The van der Waals surface area contributed by atoms with Crippen molar-refractivity contribution in [3.63, 3.8) is 0 Å². The molecule has 2 aliphatic rings. The van der Waals surface area contributed by atoms with E-state index in [0.29, 0.717) is 0 Å². The van der Waals surface area contributed by atoms with Gasteiger partial charge in [0.15, 0.2) is 0 Å². The molecular weight excluding hydrogens is 571 g/mol. The number of hydrogen-bond acceptors (Lipinski definition) is 0. The summed E-state index contributed by atoms with van der Waals surface area (Å²) in [5.41, 5.74) is 8.70. The molecule has 0 amide bonds. The van der Waals surface area contributed by atoms with Gasteiger partial charge in [-0.25, -0.2) is 12.1 Å². The summed E-state index contributed by atoms with van der Waals surface area (Å²) in [6.45, 7) is 15.9. The van der Waals surface area contributed by atoms with Gasteiger partial charge in [0.1, 0.15) is 0 Å². The fourth-order valence-electron chi connectivity index (χ4n) is 4.88. The predicted octanol–water partition coefficient (Wildman–Crippen LogP) is 3.37. The number of benzene rings is 2. The molecule has 5 rings (SSSR count). The minimum Gasteiger partial charge on any atom is -1.00 e. The molecule has 0 atom stereocenters. The van der Waals surface area contributed by atoms with Crippen LogP contribution in [0.3, 0.4) is 0 Å². The first-order chi connectivity index (χ1) is 16.5. The second kappa shape index (κ2) is 15.1. The van der Waals surface area contributed by atoms with E-state index in [1.165, 1.54) is 65.5 Å². The summed E-state index contributed by atoms with van der Waals surface area (Å²) in [6, 6.07) is 25.2. The maximum Gasteiger partial charge on any atom is -0.172 e. The Morgan fingerprint density at radius 3 is 1.89 bits per heavy atom. The van der Waals surface area contributed by atoms with Gasteiger partial charge in [0.05, 0.1) is 0 Å². The van der Waals surface area contributed by atoms with Crippen molar-refractivity contribution >= 4 is 3.21 Å². The van der Waals surface area contributed by atoms with Crippen LogP contribution in [0.5, 0.6) is 0 Å². The first-order valence-electron chi connectivity index (χ1n) is 13.4. The second-order valence-electron chi connectivity index (χ2n) is 12.3. The summed E-state index contributed by atoms with van der Waals surface area (Å²) in [4.78, 5) is 0. The maximum absolute atomic E-state index is 3.67. The monoisotopic (exact) mass is 612 g/mol. The Bertz CT molecular complexity index is 1010. The second-order valence-corrected chi connectivity index (χ2v) is 14.2. The standard InChI is InChI=1S/C21H25.C8H14.C5H5.2ClH.Zr/c1-20(2,3)16-7-9-18-14(12-16)11-15-13-17(21(4,5)6)8-10-19(15)18;1-2-8-6-4-3-5-7-8;1-2-4-5-3-1;;;/h7-10,12H,11H2,1-6H3;8H,3-7H2,1H3;1-5H;2*1H;/q-1;;-1;;;+2/p-2. The minimum atomic E-state index is 0. The molecule has 0 heterocycles. The van der Waals surface area contributed by atoms with E-state index in [0.717, 1.165) is 12.3 Å². The molecule has 3 aromatic carbocycles.